The van der Waals surface area contributed by atoms with Crippen molar-refractivity contribution < 1.29 is 28.2 Å². The van der Waals surface area contributed by atoms with Gasteiger partial charge >= 0.3 is 12.0 Å². The second-order valence-electron chi connectivity index (χ2n) is 8.11. The lowest BCUT2D eigenvalue weighted by Gasteiger charge is -2.34. The topological polar surface area (TPSA) is 76.2 Å². The summed E-state index contributed by atoms with van der Waals surface area (Å²) in [6, 6.07) is 11.5. The number of imide groups is 1. The van der Waals surface area contributed by atoms with Gasteiger partial charge in [0.2, 0.25) is 0 Å². The van der Waals surface area contributed by atoms with Crippen molar-refractivity contribution in [3.05, 3.63) is 59.9 Å². The predicted molar refractivity (Wildman–Crippen MR) is 108 cm³/mol. The molecule has 0 radical (unpaired) electrons. The fourth-order valence-corrected chi connectivity index (χ4v) is 5.28. The summed E-state index contributed by atoms with van der Waals surface area (Å²) in [4.78, 5) is 42.8. The summed E-state index contributed by atoms with van der Waals surface area (Å²) in [7, 11) is 0. The van der Waals surface area contributed by atoms with Gasteiger partial charge in [-0.25, -0.2) is 14.1 Å². The van der Waals surface area contributed by atoms with Crippen LogP contribution in [0, 0.1) is 17.7 Å². The monoisotopic (exact) mass is 424 g/mol. The Hall–Kier alpha value is -3.42. The molecule has 0 spiro atoms. The van der Waals surface area contributed by atoms with Crippen molar-refractivity contribution in [2.45, 2.75) is 25.4 Å². The largest absolute Gasteiger partial charge is 0.493 e. The van der Waals surface area contributed by atoms with Crippen molar-refractivity contribution in [3.63, 3.8) is 0 Å². The molecule has 2 aromatic rings. The minimum atomic E-state index is -1.48. The van der Waals surface area contributed by atoms with Crippen molar-refractivity contribution in [2.75, 3.05) is 18.1 Å². The van der Waals surface area contributed by atoms with Crippen LogP contribution < -0.4 is 9.64 Å². The molecule has 0 aliphatic carbocycles. The fourth-order valence-electron chi connectivity index (χ4n) is 5.28. The molecule has 0 unspecified atom stereocenters. The molecule has 0 saturated carbocycles. The van der Waals surface area contributed by atoms with Crippen molar-refractivity contribution in [3.8, 4) is 5.75 Å². The van der Waals surface area contributed by atoms with Crippen LogP contribution >= 0.6 is 0 Å². The molecular formula is C23H21FN2O5. The molecule has 3 aliphatic heterocycles. The first-order chi connectivity index (χ1) is 14.9. The number of carbonyl (C=O) groups is 3. The van der Waals surface area contributed by atoms with Crippen LogP contribution in [-0.4, -0.2) is 41.6 Å². The Morgan fingerprint density at radius 2 is 2.00 bits per heavy atom. The van der Waals surface area contributed by atoms with E-state index in [1.807, 2.05) is 18.2 Å². The van der Waals surface area contributed by atoms with E-state index in [1.165, 1.54) is 23.1 Å². The third kappa shape index (κ3) is 2.54. The number of halogens is 1. The summed E-state index contributed by atoms with van der Waals surface area (Å²) >= 11 is 0. The number of fused-ring (bicyclic) bond motifs is 5. The summed E-state index contributed by atoms with van der Waals surface area (Å²) in [6.07, 6.45) is 0. The normalized spacial score (nSPS) is 28.7. The van der Waals surface area contributed by atoms with Crippen LogP contribution in [0.3, 0.4) is 0 Å². The molecule has 31 heavy (non-hydrogen) atoms. The van der Waals surface area contributed by atoms with E-state index in [9.17, 15) is 18.8 Å². The summed E-state index contributed by atoms with van der Waals surface area (Å²) in [5.41, 5.74) is -0.615. The maximum Gasteiger partial charge on any atom is 0.332 e. The Bertz CT molecular complexity index is 1100. The molecule has 2 aromatic carbocycles. The number of hydrogen-bond donors (Lipinski definition) is 0. The van der Waals surface area contributed by atoms with Gasteiger partial charge in [-0.3, -0.25) is 9.59 Å². The smallest absolute Gasteiger partial charge is 0.332 e. The van der Waals surface area contributed by atoms with Crippen LogP contribution in [0.25, 0.3) is 0 Å². The number of carbonyl (C=O) groups excluding carboxylic acids is 3. The van der Waals surface area contributed by atoms with Gasteiger partial charge in [0.1, 0.15) is 17.1 Å². The highest BCUT2D eigenvalue weighted by molar-refractivity contribution is 6.24. The first-order valence-electron chi connectivity index (χ1n) is 10.2. The molecule has 0 N–H and O–H groups in total. The minimum absolute atomic E-state index is 0.130. The van der Waals surface area contributed by atoms with Crippen LogP contribution in [0.15, 0.2) is 48.5 Å². The SMILES string of the molecule is CCOC(=O)[C@@H]1[C@H]2COc3ccccc3[C@@H]2N2C(=O)N(c3cccc(F)c3)C(=O)[C@@]12C. The van der Waals surface area contributed by atoms with E-state index in [1.54, 1.807) is 19.9 Å². The van der Waals surface area contributed by atoms with Crippen LogP contribution in [0.1, 0.15) is 25.5 Å². The molecule has 4 atom stereocenters. The van der Waals surface area contributed by atoms with Gasteiger partial charge in [0.25, 0.3) is 5.91 Å². The van der Waals surface area contributed by atoms with Crippen LogP contribution in [-0.2, 0) is 14.3 Å². The number of amides is 3. The maximum absolute atomic E-state index is 13.9. The molecule has 7 nitrogen and oxygen atoms in total. The second kappa shape index (κ2) is 6.80. The molecule has 0 aromatic heterocycles. The van der Waals surface area contributed by atoms with E-state index in [0.717, 1.165) is 16.5 Å². The summed E-state index contributed by atoms with van der Waals surface area (Å²) < 4.78 is 25.1. The number of ether oxygens (including phenoxy) is 2. The van der Waals surface area contributed by atoms with Gasteiger partial charge in [0, 0.05) is 11.5 Å². The fraction of sp³-hybridized carbons (Fsp3) is 0.348. The van der Waals surface area contributed by atoms with Crippen molar-refractivity contribution in [2.24, 2.45) is 11.8 Å². The van der Waals surface area contributed by atoms with E-state index in [0.29, 0.717) is 5.75 Å². The number of esters is 1. The zero-order valence-electron chi connectivity index (χ0n) is 17.1. The summed E-state index contributed by atoms with van der Waals surface area (Å²) in [5.74, 6) is -2.44. The number of rotatable bonds is 3. The lowest BCUT2D eigenvalue weighted by atomic mass is 9.77. The van der Waals surface area contributed by atoms with Crippen molar-refractivity contribution in [1.29, 1.82) is 0 Å². The summed E-state index contributed by atoms with van der Waals surface area (Å²) in [5, 5.41) is 0. The molecule has 5 rings (SSSR count). The van der Waals surface area contributed by atoms with Gasteiger partial charge < -0.3 is 14.4 Å². The molecule has 3 heterocycles. The standard InChI is InChI=1S/C23H21FN2O5/c1-3-30-20(27)18-16-12-31-17-10-5-4-9-15(17)19(16)26-22(29)25(21(28)23(18,26)2)14-8-6-7-13(24)11-14/h4-11,16,18-19H,3,12H2,1-2H3/t16-,18+,19+,23-/m1/s1. The summed E-state index contributed by atoms with van der Waals surface area (Å²) in [6.45, 7) is 3.61. The van der Waals surface area contributed by atoms with E-state index in [4.69, 9.17) is 9.47 Å². The Morgan fingerprint density at radius 3 is 2.74 bits per heavy atom. The van der Waals surface area contributed by atoms with E-state index < -0.39 is 47.1 Å². The third-order valence-corrected chi connectivity index (χ3v) is 6.53. The lowest BCUT2D eigenvalue weighted by molar-refractivity contribution is -0.154. The molecular weight excluding hydrogens is 403 g/mol. The highest BCUT2D eigenvalue weighted by Gasteiger charge is 2.72. The molecule has 2 saturated heterocycles. The van der Waals surface area contributed by atoms with Crippen LogP contribution in [0.2, 0.25) is 0 Å². The zero-order valence-corrected chi connectivity index (χ0v) is 17.1. The molecule has 0 bridgehead atoms. The zero-order chi connectivity index (χ0) is 21.9. The number of urea groups is 1. The van der Waals surface area contributed by atoms with Gasteiger partial charge in [0.15, 0.2) is 0 Å². The highest BCUT2D eigenvalue weighted by atomic mass is 19.1. The first kappa shape index (κ1) is 19.5. The molecule has 3 amide bonds. The van der Waals surface area contributed by atoms with E-state index in [2.05, 4.69) is 0 Å². The minimum Gasteiger partial charge on any atom is -0.493 e. The third-order valence-electron chi connectivity index (χ3n) is 6.53. The number of para-hydroxylation sites is 1. The van der Waals surface area contributed by atoms with Crippen LogP contribution in [0.4, 0.5) is 14.9 Å². The van der Waals surface area contributed by atoms with E-state index in [-0.39, 0.29) is 18.9 Å². The Balaban J connectivity index is 1.69. The number of hydrogen-bond acceptors (Lipinski definition) is 5. The van der Waals surface area contributed by atoms with E-state index >= 15 is 0 Å². The number of anilines is 1. The second-order valence-corrected chi connectivity index (χ2v) is 8.11. The van der Waals surface area contributed by atoms with Gasteiger partial charge in [-0.1, -0.05) is 24.3 Å². The quantitative estimate of drug-likeness (QED) is 0.558. The average Bonchev–Trinajstić information content (AvgIpc) is 3.13. The predicted octanol–water partition coefficient (Wildman–Crippen LogP) is 3.30. The highest BCUT2D eigenvalue weighted by Crippen LogP contribution is 2.58. The number of nitrogens with zero attached hydrogens (tertiary/aromatic N) is 2. The van der Waals surface area contributed by atoms with Gasteiger partial charge in [0.05, 0.1) is 30.9 Å². The van der Waals surface area contributed by atoms with Gasteiger partial charge in [-0.05, 0) is 38.1 Å². The van der Waals surface area contributed by atoms with Gasteiger partial charge in [-0.15, -0.1) is 0 Å². The lowest BCUT2D eigenvalue weighted by Crippen LogP contribution is -2.51. The Labute approximate surface area is 178 Å². The molecule has 3 aliphatic rings. The molecule has 2 fully saturated rings. The molecule has 160 valence electrons. The molecule has 8 heteroatoms. The first-order valence-corrected chi connectivity index (χ1v) is 10.2. The van der Waals surface area contributed by atoms with Gasteiger partial charge in [-0.2, -0.15) is 0 Å². The van der Waals surface area contributed by atoms with Crippen molar-refractivity contribution >= 4 is 23.6 Å². The average molecular weight is 424 g/mol. The maximum atomic E-state index is 13.9. The van der Waals surface area contributed by atoms with Crippen LogP contribution in [0.5, 0.6) is 5.75 Å². The number of benzene rings is 2. The Kier molecular flexibility index (Phi) is 4.28. The van der Waals surface area contributed by atoms with Crippen molar-refractivity contribution in [1.82, 2.24) is 4.90 Å². The Morgan fingerprint density at radius 1 is 1.23 bits per heavy atom.